The molecule has 0 unspecified atom stereocenters. The van der Waals surface area contributed by atoms with Crippen molar-refractivity contribution in [1.29, 1.82) is 0 Å². The van der Waals surface area contributed by atoms with Crippen LogP contribution in [0.3, 0.4) is 0 Å². The van der Waals surface area contributed by atoms with Crippen LogP contribution in [-0.2, 0) is 14.1 Å². The van der Waals surface area contributed by atoms with Gasteiger partial charge in [-0.05, 0) is 0 Å². The van der Waals surface area contributed by atoms with Gasteiger partial charge in [0.25, 0.3) is 0 Å². The van der Waals surface area contributed by atoms with Gasteiger partial charge in [-0.3, -0.25) is 0 Å². The number of thiophene rings is 2. The predicted molar refractivity (Wildman–Crippen MR) is 114 cm³/mol. The molecule has 3 aromatic heterocycles. The monoisotopic (exact) mass is 572 g/mol. The molecule has 5 heteroatoms. The number of benzene rings is 1. The van der Waals surface area contributed by atoms with Crippen LogP contribution in [-0.4, -0.2) is 30.3 Å². The van der Waals surface area contributed by atoms with Gasteiger partial charge in [-0.1, -0.05) is 0 Å². The molecule has 129 valence electrons. The molecule has 0 atom stereocenters. The van der Waals surface area contributed by atoms with E-state index in [1.807, 2.05) is 22.7 Å². The molecule has 0 N–H and O–H groups in total. The average Bonchev–Trinajstić information content (AvgIpc) is 3.23. The van der Waals surface area contributed by atoms with E-state index in [1.54, 1.807) is 0 Å². The molecular formula is C21H20N2PbS2+. The molecular weight excluding hydrogens is 552 g/mol. The molecule has 0 spiro atoms. The van der Waals surface area contributed by atoms with Crippen LogP contribution in [0.15, 0.2) is 48.8 Å². The first-order valence-corrected chi connectivity index (χ1v) is 12.1. The van der Waals surface area contributed by atoms with E-state index < -0.39 is 0 Å². The zero-order valence-corrected chi connectivity index (χ0v) is 20.9. The number of aryl methyl sites for hydroxylation is 4. The molecule has 0 aliphatic rings. The van der Waals surface area contributed by atoms with Crippen molar-refractivity contribution < 1.29 is 4.57 Å². The molecule has 0 fully saturated rings. The Morgan fingerprint density at radius 2 is 1.65 bits per heavy atom. The van der Waals surface area contributed by atoms with Crippen LogP contribution in [0, 0.1) is 13.8 Å². The van der Waals surface area contributed by atoms with Crippen LogP contribution < -0.4 is 7.00 Å². The molecule has 0 saturated heterocycles. The van der Waals surface area contributed by atoms with E-state index in [0.29, 0.717) is 0 Å². The van der Waals surface area contributed by atoms with Crippen molar-refractivity contribution in [2.24, 2.45) is 14.1 Å². The Balaban J connectivity index is 1.93. The van der Waals surface area contributed by atoms with Gasteiger partial charge in [-0.25, -0.2) is 0 Å². The van der Waals surface area contributed by atoms with E-state index >= 15 is 0 Å². The summed E-state index contributed by atoms with van der Waals surface area (Å²) in [5.74, 6) is 0. The van der Waals surface area contributed by atoms with Crippen LogP contribution in [0.5, 0.6) is 0 Å². The Morgan fingerprint density at radius 3 is 2.31 bits per heavy atom. The number of imidazole rings is 1. The molecule has 0 bridgehead atoms. The molecule has 4 aromatic rings. The Labute approximate surface area is 178 Å². The molecule has 2 nitrogen and oxygen atoms in total. The normalized spacial score (nSPS) is 11.3. The van der Waals surface area contributed by atoms with Crippen LogP contribution in [0.1, 0.15) is 9.75 Å². The van der Waals surface area contributed by atoms with Crippen molar-refractivity contribution in [1.82, 2.24) is 4.57 Å². The summed E-state index contributed by atoms with van der Waals surface area (Å²) >= 11 is 4.92. The SMILES string of the molecule is Cc1s[c]([Pb])cc1-c1c(-c2cc(-c3ccccc3)sc2C)[n+](C)cn1C. The van der Waals surface area contributed by atoms with Crippen LogP contribution in [0.2, 0.25) is 0 Å². The summed E-state index contributed by atoms with van der Waals surface area (Å²) in [6, 6.07) is 15.4. The van der Waals surface area contributed by atoms with Gasteiger partial charge in [-0.2, -0.15) is 0 Å². The molecule has 3 radical (unpaired) electrons. The van der Waals surface area contributed by atoms with Gasteiger partial charge >= 0.3 is 179 Å². The standard InChI is InChI=1S/C21H20N2S2.Pb/c1-14-17(10-11-24-14)20-21(23(4)13-22(20)3)18-12-19(25-15(18)2)16-8-6-5-7-9-16;/h5-10,12-13H,1-4H3;/q+1;. The van der Waals surface area contributed by atoms with Crippen molar-refractivity contribution in [2.45, 2.75) is 13.8 Å². The van der Waals surface area contributed by atoms with E-state index in [0.717, 1.165) is 25.8 Å². The Hall–Kier alpha value is -1.25. The van der Waals surface area contributed by atoms with Crippen molar-refractivity contribution >= 4 is 50.9 Å². The van der Waals surface area contributed by atoms with Crippen LogP contribution in [0.25, 0.3) is 33.0 Å². The molecule has 1 aromatic carbocycles. The molecule has 3 heterocycles. The first-order valence-electron chi connectivity index (χ1n) is 8.49. The number of hydrogen-bond donors (Lipinski definition) is 0. The molecule has 0 amide bonds. The third-order valence-electron chi connectivity index (χ3n) is 4.68. The first-order chi connectivity index (χ1) is 12.5. The molecule has 0 aliphatic heterocycles. The number of nitrogens with zero attached hydrogens (tertiary/aromatic N) is 2. The summed E-state index contributed by atoms with van der Waals surface area (Å²) in [5.41, 5.74) is 6.65. The number of aromatic nitrogens is 2. The minimum absolute atomic E-state index is 1.11. The maximum absolute atomic E-state index is 2.38. The van der Waals surface area contributed by atoms with Gasteiger partial charge in [0, 0.05) is 0 Å². The predicted octanol–water partition coefficient (Wildman–Crippen LogP) is 4.38. The van der Waals surface area contributed by atoms with Crippen LogP contribution >= 0.6 is 22.7 Å². The van der Waals surface area contributed by atoms with Gasteiger partial charge in [0.2, 0.25) is 0 Å². The second kappa shape index (κ2) is 7.05. The van der Waals surface area contributed by atoms with Crippen molar-refractivity contribution in [2.75, 3.05) is 0 Å². The third kappa shape index (κ3) is 3.12. The first kappa shape index (κ1) is 18.1. The van der Waals surface area contributed by atoms with Crippen molar-refractivity contribution in [3.63, 3.8) is 0 Å². The Morgan fingerprint density at radius 1 is 0.962 bits per heavy atom. The summed E-state index contributed by atoms with van der Waals surface area (Å²) in [4.78, 5) is 4.11. The Bertz CT molecular complexity index is 1090. The van der Waals surface area contributed by atoms with Gasteiger partial charge in [-0.15, -0.1) is 0 Å². The van der Waals surface area contributed by atoms with Gasteiger partial charge in [0.05, 0.1) is 0 Å². The molecule has 26 heavy (non-hydrogen) atoms. The van der Waals surface area contributed by atoms with E-state index in [9.17, 15) is 0 Å². The molecule has 0 aliphatic carbocycles. The quantitative estimate of drug-likeness (QED) is 0.255. The van der Waals surface area contributed by atoms with Gasteiger partial charge in [0.1, 0.15) is 0 Å². The Kier molecular flexibility index (Phi) is 4.92. The fraction of sp³-hybridized carbons (Fsp3) is 0.190. The summed E-state index contributed by atoms with van der Waals surface area (Å²) in [5, 5.41) is 0. The van der Waals surface area contributed by atoms with Crippen molar-refractivity contribution in [3.05, 3.63) is 58.5 Å². The van der Waals surface area contributed by atoms with Gasteiger partial charge in [0.15, 0.2) is 0 Å². The maximum atomic E-state index is 2.38. The second-order valence-electron chi connectivity index (χ2n) is 6.56. The minimum atomic E-state index is 1.11. The van der Waals surface area contributed by atoms with Crippen LogP contribution in [0.4, 0.5) is 0 Å². The van der Waals surface area contributed by atoms with E-state index in [1.165, 1.54) is 45.1 Å². The zero-order chi connectivity index (χ0) is 18.4. The fourth-order valence-electron chi connectivity index (χ4n) is 3.52. The van der Waals surface area contributed by atoms with E-state index in [4.69, 9.17) is 0 Å². The average molecular weight is 572 g/mol. The fourth-order valence-corrected chi connectivity index (χ4v) is 7.67. The van der Waals surface area contributed by atoms with E-state index in [2.05, 4.69) is 85.9 Å². The molecule has 4 rings (SSSR count). The summed E-state index contributed by atoms with van der Waals surface area (Å²) in [7, 11) is 4.31. The van der Waals surface area contributed by atoms with Crippen molar-refractivity contribution in [3.8, 4) is 33.0 Å². The van der Waals surface area contributed by atoms with E-state index in [-0.39, 0.29) is 0 Å². The number of rotatable bonds is 3. The van der Waals surface area contributed by atoms with Gasteiger partial charge < -0.3 is 0 Å². The third-order valence-corrected chi connectivity index (χ3v) is 8.40. The molecule has 0 saturated carbocycles. The zero-order valence-electron chi connectivity index (χ0n) is 15.3. The summed E-state index contributed by atoms with van der Waals surface area (Å²) in [6.45, 7) is 4.48. The summed E-state index contributed by atoms with van der Waals surface area (Å²) < 4.78 is 6.03. The topological polar surface area (TPSA) is 8.81 Å². The summed E-state index contributed by atoms with van der Waals surface area (Å²) in [6.07, 6.45) is 2.19. The number of hydrogen-bond acceptors (Lipinski definition) is 2. The second-order valence-corrected chi connectivity index (χ2v) is 12.6.